The van der Waals surface area contributed by atoms with E-state index in [1.54, 1.807) is 17.0 Å². The van der Waals surface area contributed by atoms with Crippen molar-refractivity contribution in [2.45, 2.75) is 6.18 Å². The summed E-state index contributed by atoms with van der Waals surface area (Å²) in [6, 6.07) is 10.4. The van der Waals surface area contributed by atoms with Crippen LogP contribution in [0.25, 0.3) is 0 Å². The standard InChI is InChI=1S/C18H16F4N2O/c19-15-5-7-16(8-6-15)23-9-11-24(12-10-23)17(25)13-1-3-14(4-2-13)18(20,21)22/h1-8H,9-12H2. The molecule has 0 radical (unpaired) electrons. The first-order valence-corrected chi connectivity index (χ1v) is 7.81. The smallest absolute Gasteiger partial charge is 0.368 e. The van der Waals surface area contributed by atoms with Gasteiger partial charge >= 0.3 is 6.18 Å². The van der Waals surface area contributed by atoms with Crippen LogP contribution in [0.15, 0.2) is 48.5 Å². The highest BCUT2D eigenvalue weighted by atomic mass is 19.4. The fraction of sp³-hybridized carbons (Fsp3) is 0.278. The molecule has 2 aromatic carbocycles. The fourth-order valence-electron chi connectivity index (χ4n) is 2.80. The lowest BCUT2D eigenvalue weighted by Gasteiger charge is -2.36. The summed E-state index contributed by atoms with van der Waals surface area (Å²) in [5.74, 6) is -0.590. The molecule has 1 saturated heterocycles. The van der Waals surface area contributed by atoms with Gasteiger partial charge < -0.3 is 9.80 Å². The number of halogens is 4. The lowest BCUT2D eigenvalue weighted by Crippen LogP contribution is -2.48. The summed E-state index contributed by atoms with van der Waals surface area (Å²) in [7, 11) is 0. The first kappa shape index (κ1) is 17.3. The van der Waals surface area contributed by atoms with Gasteiger partial charge in [0.2, 0.25) is 0 Å². The second-order valence-electron chi connectivity index (χ2n) is 5.83. The minimum absolute atomic E-state index is 0.239. The molecule has 2 aromatic rings. The predicted octanol–water partition coefficient (Wildman–Crippen LogP) is 3.81. The third-order valence-electron chi connectivity index (χ3n) is 4.22. The molecule has 132 valence electrons. The summed E-state index contributed by atoms with van der Waals surface area (Å²) in [4.78, 5) is 16.1. The van der Waals surface area contributed by atoms with Crippen molar-refractivity contribution in [2.24, 2.45) is 0 Å². The number of rotatable bonds is 2. The lowest BCUT2D eigenvalue weighted by atomic mass is 10.1. The molecule has 0 spiro atoms. The van der Waals surface area contributed by atoms with Crippen LogP contribution in [0.4, 0.5) is 23.2 Å². The quantitative estimate of drug-likeness (QED) is 0.768. The third kappa shape index (κ3) is 3.92. The predicted molar refractivity (Wildman–Crippen MR) is 86.0 cm³/mol. The average molecular weight is 352 g/mol. The Morgan fingerprint density at radius 2 is 1.40 bits per heavy atom. The zero-order valence-corrected chi connectivity index (χ0v) is 13.3. The van der Waals surface area contributed by atoms with E-state index in [1.165, 1.54) is 24.3 Å². The van der Waals surface area contributed by atoms with Crippen LogP contribution in [-0.4, -0.2) is 37.0 Å². The highest BCUT2D eigenvalue weighted by Crippen LogP contribution is 2.29. The summed E-state index contributed by atoms with van der Waals surface area (Å²) in [5.41, 5.74) is 0.344. The van der Waals surface area contributed by atoms with Crippen LogP contribution in [0, 0.1) is 5.82 Å². The first-order valence-electron chi connectivity index (χ1n) is 7.81. The van der Waals surface area contributed by atoms with Crippen LogP contribution in [0.3, 0.4) is 0 Å². The molecule has 1 aliphatic rings. The zero-order chi connectivity index (χ0) is 18.0. The number of alkyl halides is 3. The Labute approximate surface area is 142 Å². The number of anilines is 1. The van der Waals surface area contributed by atoms with Gasteiger partial charge in [0.1, 0.15) is 5.82 Å². The van der Waals surface area contributed by atoms with Gasteiger partial charge in [0.15, 0.2) is 0 Å². The van der Waals surface area contributed by atoms with Crippen molar-refractivity contribution in [3.05, 3.63) is 65.5 Å². The summed E-state index contributed by atoms with van der Waals surface area (Å²) < 4.78 is 50.7. The van der Waals surface area contributed by atoms with E-state index in [0.29, 0.717) is 26.2 Å². The van der Waals surface area contributed by atoms with E-state index in [1.807, 2.05) is 4.90 Å². The Balaban J connectivity index is 1.62. The molecule has 7 heteroatoms. The van der Waals surface area contributed by atoms with Crippen molar-refractivity contribution < 1.29 is 22.4 Å². The molecule has 1 fully saturated rings. The Morgan fingerprint density at radius 1 is 0.840 bits per heavy atom. The van der Waals surface area contributed by atoms with Crippen molar-refractivity contribution in [3.8, 4) is 0 Å². The number of nitrogens with zero attached hydrogens (tertiary/aromatic N) is 2. The largest absolute Gasteiger partial charge is 0.416 e. The van der Waals surface area contributed by atoms with Gasteiger partial charge in [-0.1, -0.05) is 0 Å². The molecule has 3 nitrogen and oxygen atoms in total. The average Bonchev–Trinajstić information content (AvgIpc) is 2.61. The number of carbonyl (C=O) groups is 1. The Kier molecular flexibility index (Phi) is 4.65. The number of benzene rings is 2. The van der Waals surface area contributed by atoms with Gasteiger partial charge in [0.05, 0.1) is 5.56 Å². The van der Waals surface area contributed by atoms with E-state index in [9.17, 15) is 22.4 Å². The van der Waals surface area contributed by atoms with Gasteiger partial charge in [0, 0.05) is 37.4 Å². The van der Waals surface area contributed by atoms with Crippen LogP contribution in [0.2, 0.25) is 0 Å². The van der Waals surface area contributed by atoms with Gasteiger partial charge in [-0.05, 0) is 48.5 Å². The van der Waals surface area contributed by atoms with Crippen molar-refractivity contribution in [2.75, 3.05) is 31.1 Å². The van der Waals surface area contributed by atoms with Gasteiger partial charge in [-0.25, -0.2) is 4.39 Å². The molecule has 0 bridgehead atoms. The molecule has 0 aliphatic carbocycles. The summed E-state index contributed by atoms with van der Waals surface area (Å²) >= 11 is 0. The number of amides is 1. The molecule has 0 unspecified atom stereocenters. The number of hydrogen-bond acceptors (Lipinski definition) is 2. The topological polar surface area (TPSA) is 23.6 Å². The van der Waals surface area contributed by atoms with E-state index in [-0.39, 0.29) is 17.3 Å². The number of carbonyl (C=O) groups excluding carboxylic acids is 1. The fourth-order valence-corrected chi connectivity index (χ4v) is 2.80. The molecule has 1 amide bonds. The van der Waals surface area contributed by atoms with E-state index < -0.39 is 11.7 Å². The van der Waals surface area contributed by atoms with Crippen LogP contribution in [0.1, 0.15) is 15.9 Å². The van der Waals surface area contributed by atoms with Crippen molar-refractivity contribution in [3.63, 3.8) is 0 Å². The molecule has 3 rings (SSSR count). The molecular formula is C18H16F4N2O. The zero-order valence-electron chi connectivity index (χ0n) is 13.3. The third-order valence-corrected chi connectivity index (χ3v) is 4.22. The van der Waals surface area contributed by atoms with Crippen molar-refractivity contribution in [1.29, 1.82) is 0 Å². The normalized spacial score (nSPS) is 15.4. The van der Waals surface area contributed by atoms with Gasteiger partial charge in [-0.3, -0.25) is 4.79 Å². The highest BCUT2D eigenvalue weighted by Gasteiger charge is 2.30. The Bertz CT molecular complexity index is 733. The van der Waals surface area contributed by atoms with E-state index in [4.69, 9.17) is 0 Å². The summed E-state index contributed by atoms with van der Waals surface area (Å²) in [6.07, 6.45) is -4.41. The van der Waals surface area contributed by atoms with Crippen LogP contribution in [-0.2, 0) is 6.18 Å². The monoisotopic (exact) mass is 352 g/mol. The van der Waals surface area contributed by atoms with Gasteiger partial charge in [-0.15, -0.1) is 0 Å². The molecule has 0 saturated carbocycles. The first-order chi connectivity index (χ1) is 11.8. The maximum Gasteiger partial charge on any atom is 0.416 e. The SMILES string of the molecule is O=C(c1ccc(C(F)(F)F)cc1)N1CCN(c2ccc(F)cc2)CC1. The van der Waals surface area contributed by atoms with E-state index in [2.05, 4.69) is 0 Å². The van der Waals surface area contributed by atoms with Crippen LogP contribution < -0.4 is 4.90 Å². The number of piperazine rings is 1. The second kappa shape index (κ2) is 6.74. The molecule has 1 aliphatic heterocycles. The molecule has 0 atom stereocenters. The maximum atomic E-state index is 13.0. The van der Waals surface area contributed by atoms with Gasteiger partial charge in [0.25, 0.3) is 5.91 Å². The Hall–Kier alpha value is -2.57. The van der Waals surface area contributed by atoms with Crippen molar-refractivity contribution in [1.82, 2.24) is 4.90 Å². The molecular weight excluding hydrogens is 336 g/mol. The van der Waals surface area contributed by atoms with Crippen LogP contribution in [0.5, 0.6) is 0 Å². The lowest BCUT2D eigenvalue weighted by molar-refractivity contribution is -0.137. The summed E-state index contributed by atoms with van der Waals surface area (Å²) in [6.45, 7) is 2.07. The van der Waals surface area contributed by atoms with Crippen molar-refractivity contribution >= 4 is 11.6 Å². The molecule has 0 N–H and O–H groups in total. The number of hydrogen-bond donors (Lipinski definition) is 0. The second-order valence-corrected chi connectivity index (χ2v) is 5.83. The van der Waals surface area contributed by atoms with Crippen LogP contribution >= 0.6 is 0 Å². The molecule has 0 aromatic heterocycles. The molecule has 1 heterocycles. The minimum atomic E-state index is -4.41. The van der Waals surface area contributed by atoms with Gasteiger partial charge in [-0.2, -0.15) is 13.2 Å². The Morgan fingerprint density at radius 3 is 1.92 bits per heavy atom. The van der Waals surface area contributed by atoms with E-state index >= 15 is 0 Å². The van der Waals surface area contributed by atoms with E-state index in [0.717, 1.165) is 17.8 Å². The maximum absolute atomic E-state index is 13.0. The summed E-state index contributed by atoms with van der Waals surface area (Å²) in [5, 5.41) is 0. The highest BCUT2D eigenvalue weighted by molar-refractivity contribution is 5.94. The minimum Gasteiger partial charge on any atom is -0.368 e. The molecule has 25 heavy (non-hydrogen) atoms.